The quantitative estimate of drug-likeness (QED) is 0.690. The molecule has 1 N–H and O–H groups in total. The van der Waals surface area contributed by atoms with Crippen molar-refractivity contribution in [2.75, 3.05) is 13.2 Å². The van der Waals surface area contributed by atoms with Crippen molar-refractivity contribution in [2.24, 2.45) is 0 Å². The first-order chi connectivity index (χ1) is 13.4. The van der Waals surface area contributed by atoms with E-state index in [1.54, 1.807) is 36.1 Å². The van der Waals surface area contributed by atoms with Gasteiger partial charge in [-0.2, -0.15) is 0 Å². The molecule has 0 heterocycles. The number of halogens is 1. The molecule has 5 nitrogen and oxygen atoms in total. The molecular formula is C22H27ClN2O3. The van der Waals surface area contributed by atoms with Gasteiger partial charge in [-0.1, -0.05) is 54.9 Å². The van der Waals surface area contributed by atoms with Crippen molar-refractivity contribution in [1.29, 1.82) is 0 Å². The average Bonchev–Trinajstić information content (AvgIpc) is 2.70. The molecule has 0 bridgehead atoms. The molecule has 1 atom stereocenters. The highest BCUT2D eigenvalue weighted by atomic mass is 35.5. The molecule has 2 rings (SSSR count). The van der Waals surface area contributed by atoms with Gasteiger partial charge in [0.05, 0.1) is 5.02 Å². The van der Waals surface area contributed by atoms with Gasteiger partial charge in [0.2, 0.25) is 5.91 Å². The maximum absolute atomic E-state index is 12.9. The summed E-state index contributed by atoms with van der Waals surface area (Å²) >= 11 is 6.09. The Hall–Kier alpha value is -2.53. The van der Waals surface area contributed by atoms with Gasteiger partial charge >= 0.3 is 0 Å². The zero-order valence-electron chi connectivity index (χ0n) is 16.6. The Bertz CT molecular complexity index is 810. The van der Waals surface area contributed by atoms with Gasteiger partial charge in [-0.05, 0) is 43.5 Å². The van der Waals surface area contributed by atoms with Crippen LogP contribution in [-0.4, -0.2) is 35.9 Å². The second-order valence-electron chi connectivity index (χ2n) is 6.63. The predicted molar refractivity (Wildman–Crippen MR) is 111 cm³/mol. The number of aryl methyl sites for hydroxylation is 1. The normalized spacial score (nSPS) is 11.6. The number of benzene rings is 2. The highest BCUT2D eigenvalue weighted by molar-refractivity contribution is 6.32. The third kappa shape index (κ3) is 5.99. The van der Waals surface area contributed by atoms with Crippen molar-refractivity contribution in [3.63, 3.8) is 0 Å². The van der Waals surface area contributed by atoms with Crippen molar-refractivity contribution in [3.05, 3.63) is 64.7 Å². The number of rotatable bonds is 9. The van der Waals surface area contributed by atoms with E-state index in [4.69, 9.17) is 16.3 Å². The molecule has 0 saturated carbocycles. The summed E-state index contributed by atoms with van der Waals surface area (Å²) in [7, 11) is 0. The SMILES string of the molecule is CCCNC(=O)C(C)N(Cc1ccccc1C)C(=O)COc1ccccc1Cl. The summed E-state index contributed by atoms with van der Waals surface area (Å²) in [4.78, 5) is 27.0. The summed E-state index contributed by atoms with van der Waals surface area (Å²) in [5.41, 5.74) is 2.05. The van der Waals surface area contributed by atoms with Gasteiger partial charge in [0.1, 0.15) is 11.8 Å². The fourth-order valence-electron chi connectivity index (χ4n) is 2.73. The number of carbonyl (C=O) groups is 2. The van der Waals surface area contributed by atoms with Crippen LogP contribution in [0, 0.1) is 6.92 Å². The van der Waals surface area contributed by atoms with Crippen LogP contribution in [0.4, 0.5) is 0 Å². The van der Waals surface area contributed by atoms with E-state index < -0.39 is 6.04 Å². The van der Waals surface area contributed by atoms with E-state index in [-0.39, 0.29) is 18.4 Å². The lowest BCUT2D eigenvalue weighted by molar-refractivity contribution is -0.142. The molecule has 2 aromatic carbocycles. The van der Waals surface area contributed by atoms with Gasteiger partial charge in [-0.25, -0.2) is 0 Å². The molecule has 0 spiro atoms. The third-order valence-corrected chi connectivity index (χ3v) is 4.82. The maximum Gasteiger partial charge on any atom is 0.261 e. The first kappa shape index (κ1) is 21.8. The Balaban J connectivity index is 2.16. The van der Waals surface area contributed by atoms with Gasteiger partial charge in [0, 0.05) is 13.1 Å². The number of para-hydroxylation sites is 1. The molecule has 0 radical (unpaired) electrons. The first-order valence-corrected chi connectivity index (χ1v) is 9.80. The molecule has 2 amide bonds. The zero-order valence-corrected chi connectivity index (χ0v) is 17.3. The van der Waals surface area contributed by atoms with E-state index in [2.05, 4.69) is 5.32 Å². The molecular weight excluding hydrogens is 376 g/mol. The van der Waals surface area contributed by atoms with E-state index >= 15 is 0 Å². The third-order valence-electron chi connectivity index (χ3n) is 4.51. The standard InChI is InChI=1S/C22H27ClN2O3/c1-4-13-24-22(27)17(3)25(14-18-10-6-5-9-16(18)2)21(26)15-28-20-12-8-7-11-19(20)23/h5-12,17H,4,13-15H2,1-3H3,(H,24,27). The highest BCUT2D eigenvalue weighted by Crippen LogP contribution is 2.23. The molecule has 0 aliphatic carbocycles. The van der Waals surface area contributed by atoms with Crippen LogP contribution in [0.15, 0.2) is 48.5 Å². The molecule has 28 heavy (non-hydrogen) atoms. The van der Waals surface area contributed by atoms with Gasteiger partial charge < -0.3 is 15.0 Å². The van der Waals surface area contributed by atoms with Crippen LogP contribution in [0.25, 0.3) is 0 Å². The Kier molecular flexibility index (Phi) is 8.33. The van der Waals surface area contributed by atoms with Gasteiger partial charge in [-0.3, -0.25) is 9.59 Å². The second kappa shape index (κ2) is 10.7. The van der Waals surface area contributed by atoms with Crippen molar-refractivity contribution in [2.45, 2.75) is 39.8 Å². The van der Waals surface area contributed by atoms with Crippen LogP contribution in [0.3, 0.4) is 0 Å². The lowest BCUT2D eigenvalue weighted by Gasteiger charge is -2.29. The lowest BCUT2D eigenvalue weighted by Crippen LogP contribution is -2.49. The van der Waals surface area contributed by atoms with Crippen LogP contribution >= 0.6 is 11.6 Å². The summed E-state index contributed by atoms with van der Waals surface area (Å²) in [6.07, 6.45) is 0.833. The summed E-state index contributed by atoms with van der Waals surface area (Å²) in [5.74, 6) is -0.0136. The molecule has 0 aliphatic rings. The predicted octanol–water partition coefficient (Wildman–Crippen LogP) is 3.97. The highest BCUT2D eigenvalue weighted by Gasteiger charge is 2.26. The zero-order chi connectivity index (χ0) is 20.5. The molecule has 0 aromatic heterocycles. The van der Waals surface area contributed by atoms with Gasteiger partial charge in [-0.15, -0.1) is 0 Å². The number of hydrogen-bond acceptors (Lipinski definition) is 3. The van der Waals surface area contributed by atoms with Crippen LogP contribution in [0.2, 0.25) is 5.02 Å². The van der Waals surface area contributed by atoms with Crippen LogP contribution in [0.1, 0.15) is 31.4 Å². The number of carbonyl (C=O) groups excluding carboxylic acids is 2. The van der Waals surface area contributed by atoms with E-state index in [0.29, 0.717) is 23.9 Å². The minimum Gasteiger partial charge on any atom is -0.482 e. The first-order valence-electron chi connectivity index (χ1n) is 9.43. The van der Waals surface area contributed by atoms with Gasteiger partial charge in [0.15, 0.2) is 6.61 Å². The average molecular weight is 403 g/mol. The minimum absolute atomic E-state index is 0.179. The van der Waals surface area contributed by atoms with Crippen LogP contribution in [-0.2, 0) is 16.1 Å². The van der Waals surface area contributed by atoms with Crippen LogP contribution < -0.4 is 10.1 Å². The monoisotopic (exact) mass is 402 g/mol. The fraction of sp³-hybridized carbons (Fsp3) is 0.364. The number of nitrogens with zero attached hydrogens (tertiary/aromatic N) is 1. The lowest BCUT2D eigenvalue weighted by atomic mass is 10.1. The molecule has 0 saturated heterocycles. The number of hydrogen-bond donors (Lipinski definition) is 1. The Morgan fingerprint density at radius 3 is 2.50 bits per heavy atom. The number of amides is 2. The molecule has 0 fully saturated rings. The van der Waals surface area contributed by atoms with Crippen LogP contribution in [0.5, 0.6) is 5.75 Å². The summed E-state index contributed by atoms with van der Waals surface area (Å²) in [5, 5.41) is 3.30. The maximum atomic E-state index is 12.9. The van der Waals surface area contributed by atoms with E-state index in [9.17, 15) is 9.59 Å². The number of ether oxygens (including phenoxy) is 1. The molecule has 2 aromatic rings. The molecule has 0 aliphatic heterocycles. The smallest absolute Gasteiger partial charge is 0.261 e. The Morgan fingerprint density at radius 1 is 1.14 bits per heavy atom. The van der Waals surface area contributed by atoms with Crippen molar-refractivity contribution < 1.29 is 14.3 Å². The summed E-state index contributed by atoms with van der Waals surface area (Å²) < 4.78 is 5.60. The van der Waals surface area contributed by atoms with Gasteiger partial charge in [0.25, 0.3) is 5.91 Å². The minimum atomic E-state index is -0.617. The Morgan fingerprint density at radius 2 is 1.82 bits per heavy atom. The van der Waals surface area contributed by atoms with E-state index in [1.807, 2.05) is 38.1 Å². The molecule has 1 unspecified atom stereocenters. The second-order valence-corrected chi connectivity index (χ2v) is 7.04. The fourth-order valence-corrected chi connectivity index (χ4v) is 2.92. The van der Waals surface area contributed by atoms with Crippen molar-refractivity contribution in [3.8, 4) is 5.75 Å². The molecule has 6 heteroatoms. The van der Waals surface area contributed by atoms with E-state index in [1.165, 1.54) is 0 Å². The van der Waals surface area contributed by atoms with E-state index in [0.717, 1.165) is 17.5 Å². The molecule has 150 valence electrons. The van der Waals surface area contributed by atoms with Crippen molar-refractivity contribution >= 4 is 23.4 Å². The Labute approximate surface area is 171 Å². The summed E-state index contributed by atoms with van der Waals surface area (Å²) in [6, 6.07) is 14.2. The number of nitrogens with one attached hydrogen (secondary N) is 1. The van der Waals surface area contributed by atoms with Crippen molar-refractivity contribution in [1.82, 2.24) is 10.2 Å². The largest absolute Gasteiger partial charge is 0.482 e. The topological polar surface area (TPSA) is 58.6 Å². The summed E-state index contributed by atoms with van der Waals surface area (Å²) in [6.45, 7) is 6.42.